The van der Waals surface area contributed by atoms with Crippen LogP contribution in [0.4, 0.5) is 0 Å². The highest BCUT2D eigenvalue weighted by Gasteiger charge is 2.27. The minimum atomic E-state index is -1.21. The number of carbonyl (C=O) groups excluding carboxylic acids is 3. The Morgan fingerprint density at radius 2 is 2.06 bits per heavy atom. The number of amides is 1. The summed E-state index contributed by atoms with van der Waals surface area (Å²) >= 11 is 0. The van der Waals surface area contributed by atoms with E-state index in [2.05, 4.69) is 10.6 Å². The molecule has 1 heterocycles. The normalized spacial score (nSPS) is 21.5. The molecule has 0 spiro atoms. The van der Waals surface area contributed by atoms with E-state index in [0.29, 0.717) is 12.2 Å². The lowest BCUT2D eigenvalue weighted by Crippen LogP contribution is -2.39. The average molecular weight is 258 g/mol. The molecule has 0 aromatic carbocycles. The SMILES string of the molecule is CC(=O)N[C@H]1CNC[C@@H]1CCCB(O)O.O=C=O. The van der Waals surface area contributed by atoms with Crippen molar-refractivity contribution in [2.75, 3.05) is 13.1 Å². The predicted molar refractivity (Wildman–Crippen MR) is 63.2 cm³/mol. The van der Waals surface area contributed by atoms with Gasteiger partial charge in [-0.2, -0.15) is 9.59 Å². The molecule has 0 aromatic heterocycles. The second-order valence-corrected chi connectivity index (χ2v) is 4.22. The Labute approximate surface area is 106 Å². The summed E-state index contributed by atoms with van der Waals surface area (Å²) in [4.78, 5) is 27.2. The van der Waals surface area contributed by atoms with E-state index in [-0.39, 0.29) is 18.1 Å². The molecule has 7 nitrogen and oxygen atoms in total. The van der Waals surface area contributed by atoms with Crippen molar-refractivity contribution in [3.63, 3.8) is 0 Å². The molecule has 0 unspecified atom stereocenters. The molecule has 0 saturated carbocycles. The summed E-state index contributed by atoms with van der Waals surface area (Å²) in [6.45, 7) is 3.23. The highest BCUT2D eigenvalue weighted by Crippen LogP contribution is 2.17. The van der Waals surface area contributed by atoms with Crippen molar-refractivity contribution < 1.29 is 24.4 Å². The maximum Gasteiger partial charge on any atom is 0.451 e. The number of nitrogens with one attached hydrogen (secondary N) is 2. The highest BCUT2D eigenvalue weighted by molar-refractivity contribution is 6.40. The first kappa shape index (κ1) is 16.8. The molecule has 8 heteroatoms. The van der Waals surface area contributed by atoms with Crippen molar-refractivity contribution in [3.8, 4) is 0 Å². The van der Waals surface area contributed by atoms with Crippen LogP contribution in [0.1, 0.15) is 19.8 Å². The highest BCUT2D eigenvalue weighted by atomic mass is 16.4. The van der Waals surface area contributed by atoms with Gasteiger partial charge in [0.15, 0.2) is 0 Å². The molecule has 2 atom stereocenters. The van der Waals surface area contributed by atoms with Gasteiger partial charge in [0.05, 0.1) is 0 Å². The quantitative estimate of drug-likeness (QED) is 0.440. The Morgan fingerprint density at radius 1 is 1.44 bits per heavy atom. The molecule has 0 radical (unpaired) electrons. The number of hydrogen-bond donors (Lipinski definition) is 4. The van der Waals surface area contributed by atoms with Crippen molar-refractivity contribution in [2.24, 2.45) is 5.92 Å². The zero-order valence-corrected chi connectivity index (χ0v) is 10.4. The molecule has 4 N–H and O–H groups in total. The van der Waals surface area contributed by atoms with E-state index >= 15 is 0 Å². The Morgan fingerprint density at radius 3 is 2.56 bits per heavy atom. The summed E-state index contributed by atoms with van der Waals surface area (Å²) in [6.07, 6.45) is 2.35. The van der Waals surface area contributed by atoms with Crippen LogP contribution in [-0.4, -0.2) is 48.4 Å². The summed E-state index contributed by atoms with van der Waals surface area (Å²) in [5.41, 5.74) is 0. The van der Waals surface area contributed by atoms with Crippen LogP contribution in [-0.2, 0) is 14.4 Å². The fourth-order valence-corrected chi connectivity index (χ4v) is 2.03. The molecular weight excluding hydrogens is 239 g/mol. The van der Waals surface area contributed by atoms with Crippen molar-refractivity contribution in [1.29, 1.82) is 0 Å². The van der Waals surface area contributed by atoms with E-state index in [0.717, 1.165) is 25.9 Å². The van der Waals surface area contributed by atoms with Gasteiger partial charge in [-0.15, -0.1) is 0 Å². The predicted octanol–water partition coefficient (Wildman–Crippen LogP) is -1.62. The topological polar surface area (TPSA) is 116 Å². The van der Waals surface area contributed by atoms with E-state index in [1.807, 2.05) is 0 Å². The van der Waals surface area contributed by atoms with E-state index in [1.165, 1.54) is 6.92 Å². The van der Waals surface area contributed by atoms with Gasteiger partial charge in [0.25, 0.3) is 0 Å². The van der Waals surface area contributed by atoms with Crippen molar-refractivity contribution >= 4 is 19.2 Å². The molecular formula is C10H19BN2O5. The van der Waals surface area contributed by atoms with Crippen molar-refractivity contribution in [1.82, 2.24) is 10.6 Å². The lowest BCUT2D eigenvalue weighted by Gasteiger charge is -2.18. The zero-order valence-electron chi connectivity index (χ0n) is 10.4. The Kier molecular flexibility index (Phi) is 9.13. The summed E-state index contributed by atoms with van der Waals surface area (Å²) in [7, 11) is -1.21. The van der Waals surface area contributed by atoms with Gasteiger partial charge in [0, 0.05) is 26.1 Å². The van der Waals surface area contributed by atoms with Crippen LogP contribution in [0.15, 0.2) is 0 Å². The summed E-state index contributed by atoms with van der Waals surface area (Å²) in [5, 5.41) is 23.5. The van der Waals surface area contributed by atoms with Crippen molar-refractivity contribution in [2.45, 2.75) is 32.1 Å². The van der Waals surface area contributed by atoms with Gasteiger partial charge in [-0.1, -0.05) is 6.42 Å². The molecule has 1 fully saturated rings. The minimum absolute atomic E-state index is 0.00380. The van der Waals surface area contributed by atoms with Crippen LogP contribution in [0.5, 0.6) is 0 Å². The standard InChI is InChI=1S/C9H19BN2O3.CO2/c1-7(13)12-9-6-11-5-8(9)3-2-4-10(14)15;2-1-3/h8-9,11,14-15H,2-6H2,1H3,(H,12,13);/t8-,9-;/m0./s1. The maximum absolute atomic E-state index is 10.9. The monoisotopic (exact) mass is 258 g/mol. The largest absolute Gasteiger partial charge is 0.451 e. The molecule has 1 amide bonds. The van der Waals surface area contributed by atoms with Crippen molar-refractivity contribution in [3.05, 3.63) is 0 Å². The van der Waals surface area contributed by atoms with E-state index in [4.69, 9.17) is 19.6 Å². The number of carbonyl (C=O) groups is 1. The first-order valence-corrected chi connectivity index (χ1v) is 5.84. The lowest BCUT2D eigenvalue weighted by molar-refractivity contribution is -0.191. The van der Waals surface area contributed by atoms with E-state index < -0.39 is 7.12 Å². The number of hydrogen-bond acceptors (Lipinski definition) is 6. The van der Waals surface area contributed by atoms with Gasteiger partial charge in [0.2, 0.25) is 5.91 Å². The van der Waals surface area contributed by atoms with Crippen LogP contribution >= 0.6 is 0 Å². The fraction of sp³-hybridized carbons (Fsp3) is 0.800. The third-order valence-electron chi connectivity index (χ3n) is 2.77. The Hall–Kier alpha value is -1.21. The molecule has 0 aliphatic carbocycles. The summed E-state index contributed by atoms with van der Waals surface area (Å²) in [6, 6.07) is 0.193. The zero-order chi connectivity index (χ0) is 14.0. The third-order valence-corrected chi connectivity index (χ3v) is 2.77. The van der Waals surface area contributed by atoms with E-state index in [1.54, 1.807) is 0 Å². The van der Waals surface area contributed by atoms with Crippen LogP contribution in [0.3, 0.4) is 0 Å². The first-order chi connectivity index (χ1) is 8.51. The van der Waals surface area contributed by atoms with Gasteiger partial charge < -0.3 is 20.7 Å². The Bertz CT molecular complexity index is 281. The van der Waals surface area contributed by atoms with Crippen LogP contribution < -0.4 is 10.6 Å². The van der Waals surface area contributed by atoms with Gasteiger partial charge in [0.1, 0.15) is 0 Å². The molecule has 18 heavy (non-hydrogen) atoms. The van der Waals surface area contributed by atoms with Crippen LogP contribution in [0, 0.1) is 5.92 Å². The third kappa shape index (κ3) is 7.97. The van der Waals surface area contributed by atoms with E-state index in [9.17, 15) is 4.79 Å². The van der Waals surface area contributed by atoms with Gasteiger partial charge >= 0.3 is 13.3 Å². The molecule has 1 aliphatic rings. The number of rotatable bonds is 5. The molecule has 0 bridgehead atoms. The second kappa shape index (κ2) is 9.79. The molecule has 1 rings (SSSR count). The lowest BCUT2D eigenvalue weighted by atomic mass is 9.81. The molecule has 102 valence electrons. The smallest absolute Gasteiger partial charge is 0.427 e. The van der Waals surface area contributed by atoms with Crippen LogP contribution in [0.2, 0.25) is 6.32 Å². The maximum atomic E-state index is 10.9. The van der Waals surface area contributed by atoms with Crippen LogP contribution in [0.25, 0.3) is 0 Å². The molecule has 1 saturated heterocycles. The average Bonchev–Trinajstić information content (AvgIpc) is 2.65. The summed E-state index contributed by atoms with van der Waals surface area (Å²) < 4.78 is 0. The second-order valence-electron chi connectivity index (χ2n) is 4.22. The van der Waals surface area contributed by atoms with Gasteiger partial charge in [-0.25, -0.2) is 0 Å². The van der Waals surface area contributed by atoms with Gasteiger partial charge in [-0.05, 0) is 18.7 Å². The first-order valence-electron chi connectivity index (χ1n) is 5.84. The fourth-order valence-electron chi connectivity index (χ4n) is 2.03. The molecule has 1 aliphatic heterocycles. The summed E-state index contributed by atoms with van der Waals surface area (Å²) in [5.74, 6) is 0.406. The van der Waals surface area contributed by atoms with Gasteiger partial charge in [-0.3, -0.25) is 4.79 Å². The Balaban J connectivity index is 0.000000873. The molecule has 0 aromatic rings. The minimum Gasteiger partial charge on any atom is -0.427 e.